The standard InChI is InChI=1S/C21H17Br2N3O2/c22-21(23)9-6-19-14-11-12-13(11)16(20(14,19)7-10(9)21)26-18(28)24(8-4-2-1-3-5-8)17(27)25(26)15(12)19/h1-5,9-16H,6-7H2/t9-,10+,11?,12-,13-,14?,15+,16+,19-,20+/m0/s1. The minimum absolute atomic E-state index is 0.0980. The Hall–Kier alpha value is -1.08. The summed E-state index contributed by atoms with van der Waals surface area (Å²) in [6, 6.07) is 9.95. The maximum Gasteiger partial charge on any atom is 0.352 e. The van der Waals surface area contributed by atoms with Crippen molar-refractivity contribution in [1.29, 1.82) is 0 Å². The third kappa shape index (κ3) is 1.06. The zero-order valence-corrected chi connectivity index (χ0v) is 18.0. The van der Waals surface area contributed by atoms with Gasteiger partial charge in [-0.05, 0) is 60.5 Å². The van der Waals surface area contributed by atoms with Crippen molar-refractivity contribution in [3.05, 3.63) is 51.3 Å². The van der Waals surface area contributed by atoms with Gasteiger partial charge in [0.15, 0.2) is 0 Å². The van der Waals surface area contributed by atoms with Gasteiger partial charge in [0.1, 0.15) is 0 Å². The summed E-state index contributed by atoms with van der Waals surface area (Å²) in [7, 11) is 0. The van der Waals surface area contributed by atoms with E-state index in [1.807, 2.05) is 39.7 Å². The highest BCUT2D eigenvalue weighted by Gasteiger charge is 3.05. The van der Waals surface area contributed by atoms with E-state index in [2.05, 4.69) is 31.9 Å². The largest absolute Gasteiger partial charge is 0.352 e. The highest BCUT2D eigenvalue weighted by atomic mass is 79.9. The molecule has 2 bridgehead atoms. The van der Waals surface area contributed by atoms with E-state index >= 15 is 0 Å². The number of halogens is 2. The van der Waals surface area contributed by atoms with E-state index in [4.69, 9.17) is 0 Å². The van der Waals surface area contributed by atoms with Crippen LogP contribution in [0.25, 0.3) is 5.69 Å². The molecule has 10 atom stereocenters. The summed E-state index contributed by atoms with van der Waals surface area (Å²) in [5.74, 6) is 4.20. The minimum atomic E-state index is -0.118. The number of benzene rings is 1. The first kappa shape index (κ1) is 14.8. The first-order chi connectivity index (χ1) is 13.5. The molecule has 6 aliphatic carbocycles. The van der Waals surface area contributed by atoms with E-state index < -0.39 is 0 Å². The minimum Gasteiger partial charge on any atom is -0.245 e. The summed E-state index contributed by atoms with van der Waals surface area (Å²) in [5.41, 5.74) is 1.03. The highest BCUT2D eigenvalue weighted by molar-refractivity contribution is 9.25. The molecule has 1 aromatic heterocycles. The molecule has 5 nitrogen and oxygen atoms in total. The molecule has 142 valence electrons. The maximum atomic E-state index is 13.5. The van der Waals surface area contributed by atoms with Crippen LogP contribution in [0.2, 0.25) is 0 Å². The fourth-order valence-electron chi connectivity index (χ4n) is 9.81. The number of hydrogen-bond acceptors (Lipinski definition) is 2. The molecule has 10 rings (SSSR count). The van der Waals surface area contributed by atoms with Crippen LogP contribution >= 0.6 is 31.9 Å². The van der Waals surface area contributed by atoms with Crippen molar-refractivity contribution in [1.82, 2.24) is 13.9 Å². The van der Waals surface area contributed by atoms with Crippen molar-refractivity contribution in [3.8, 4) is 5.69 Å². The zero-order chi connectivity index (χ0) is 18.5. The quantitative estimate of drug-likeness (QED) is 0.563. The molecule has 3 heterocycles. The average Bonchev–Trinajstić information content (AvgIpc) is 3.56. The second kappa shape index (κ2) is 3.70. The van der Waals surface area contributed by atoms with Crippen molar-refractivity contribution in [3.63, 3.8) is 0 Å². The SMILES string of the molecule is O=c1n(-c2ccccc2)c(=O)n2n1[C@@H]1[C@H]3C4C5[C@@]16C[C@H]1[C@@H](C[C@]56[C@H]2[C@@H]43)C1(Br)Br. The number of para-hydroxylation sites is 1. The lowest BCUT2D eigenvalue weighted by molar-refractivity contribution is -0.0268. The topological polar surface area (TPSA) is 48.9 Å². The van der Waals surface area contributed by atoms with E-state index in [9.17, 15) is 9.59 Å². The molecule has 6 fully saturated rings. The first-order valence-electron chi connectivity index (χ1n) is 10.4. The molecule has 2 aliphatic heterocycles. The molecule has 8 aliphatic rings. The van der Waals surface area contributed by atoms with E-state index in [1.54, 1.807) is 0 Å². The van der Waals surface area contributed by atoms with Gasteiger partial charge in [-0.15, -0.1) is 0 Å². The predicted octanol–water partition coefficient (Wildman–Crippen LogP) is 2.91. The van der Waals surface area contributed by atoms with Crippen molar-refractivity contribution in [2.75, 3.05) is 0 Å². The maximum absolute atomic E-state index is 13.5. The van der Waals surface area contributed by atoms with Gasteiger partial charge in [-0.1, -0.05) is 50.1 Å². The van der Waals surface area contributed by atoms with E-state index in [0.717, 1.165) is 11.8 Å². The Balaban J connectivity index is 1.33. The van der Waals surface area contributed by atoms with Crippen molar-refractivity contribution in [2.45, 2.75) is 28.2 Å². The van der Waals surface area contributed by atoms with Crippen LogP contribution in [0.1, 0.15) is 24.9 Å². The van der Waals surface area contributed by atoms with Crippen LogP contribution < -0.4 is 11.4 Å². The number of aromatic nitrogens is 3. The smallest absolute Gasteiger partial charge is 0.245 e. The third-order valence-corrected chi connectivity index (χ3v) is 12.6. The van der Waals surface area contributed by atoms with Gasteiger partial charge in [0, 0.05) is 10.8 Å². The summed E-state index contributed by atoms with van der Waals surface area (Å²) in [5, 5.41) is 0. The molecule has 2 unspecified atom stereocenters. The summed E-state index contributed by atoms with van der Waals surface area (Å²) >= 11 is 7.86. The Morgan fingerprint density at radius 1 is 0.821 bits per heavy atom. The van der Waals surface area contributed by atoms with Crippen LogP contribution in [0.4, 0.5) is 0 Å². The molecule has 28 heavy (non-hydrogen) atoms. The molecular weight excluding hydrogens is 486 g/mol. The first-order valence-corrected chi connectivity index (χ1v) is 12.0. The Bertz CT molecular complexity index is 1200. The number of hydrogen-bond donors (Lipinski definition) is 0. The van der Waals surface area contributed by atoms with Crippen LogP contribution in [0.15, 0.2) is 39.9 Å². The lowest BCUT2D eigenvalue weighted by Crippen LogP contribution is -2.53. The van der Waals surface area contributed by atoms with Crippen LogP contribution in [0.3, 0.4) is 0 Å². The van der Waals surface area contributed by atoms with Crippen molar-refractivity contribution >= 4 is 31.9 Å². The van der Waals surface area contributed by atoms with Gasteiger partial charge >= 0.3 is 11.4 Å². The third-order valence-electron chi connectivity index (χ3n) is 10.3. The number of nitrogens with zero attached hydrogens (tertiary/aromatic N) is 3. The number of rotatable bonds is 1. The second-order valence-electron chi connectivity index (χ2n) is 10.4. The molecule has 7 heteroatoms. The van der Waals surface area contributed by atoms with Gasteiger partial charge in [-0.25, -0.2) is 23.5 Å². The Labute approximate surface area is 176 Å². The molecule has 0 N–H and O–H groups in total. The zero-order valence-electron chi connectivity index (χ0n) is 14.8. The van der Waals surface area contributed by atoms with E-state index in [1.165, 1.54) is 17.4 Å². The molecule has 2 aromatic rings. The van der Waals surface area contributed by atoms with Gasteiger partial charge in [0.2, 0.25) is 0 Å². The molecule has 1 aromatic carbocycles. The summed E-state index contributed by atoms with van der Waals surface area (Å²) in [6.45, 7) is 0. The van der Waals surface area contributed by atoms with Crippen LogP contribution in [-0.4, -0.2) is 17.2 Å². The molecular formula is C21H17Br2N3O2. The molecule has 0 radical (unpaired) electrons. The summed E-state index contributed by atoms with van der Waals surface area (Å²) < 4.78 is 5.38. The van der Waals surface area contributed by atoms with Crippen LogP contribution in [-0.2, 0) is 0 Å². The van der Waals surface area contributed by atoms with Gasteiger partial charge in [0.25, 0.3) is 0 Å². The Kier molecular flexibility index (Phi) is 1.96. The molecule has 0 amide bonds. The number of alkyl halides is 2. The van der Waals surface area contributed by atoms with Crippen molar-refractivity contribution in [2.24, 2.45) is 46.3 Å². The lowest BCUT2D eigenvalue weighted by Gasteiger charge is -2.50. The normalized spacial score (nSPS) is 55.4. The van der Waals surface area contributed by atoms with Crippen LogP contribution in [0, 0.1) is 46.3 Å². The summed E-state index contributed by atoms with van der Waals surface area (Å²) in [4.78, 5) is 27.1. The van der Waals surface area contributed by atoms with Gasteiger partial charge in [0.05, 0.1) is 21.0 Å². The Morgan fingerprint density at radius 3 is 1.89 bits per heavy atom. The predicted molar refractivity (Wildman–Crippen MR) is 108 cm³/mol. The van der Waals surface area contributed by atoms with E-state index in [0.29, 0.717) is 29.4 Å². The second-order valence-corrected chi connectivity index (χ2v) is 14.1. The highest BCUT2D eigenvalue weighted by Crippen LogP contribution is 3.06. The van der Waals surface area contributed by atoms with E-state index in [-0.39, 0.29) is 37.5 Å². The van der Waals surface area contributed by atoms with Crippen LogP contribution in [0.5, 0.6) is 0 Å². The fourth-order valence-corrected chi connectivity index (χ4v) is 11.5. The average molecular weight is 503 g/mol. The fraction of sp³-hybridized carbons (Fsp3) is 0.619. The Morgan fingerprint density at radius 2 is 1.36 bits per heavy atom. The molecule has 6 saturated carbocycles. The summed E-state index contributed by atoms with van der Waals surface area (Å²) in [6.07, 6.45) is 2.44. The number of fused-ring (bicyclic) bond motifs is 1. The molecule has 2 spiro atoms. The van der Waals surface area contributed by atoms with Gasteiger partial charge in [-0.2, -0.15) is 0 Å². The monoisotopic (exact) mass is 501 g/mol. The van der Waals surface area contributed by atoms with Gasteiger partial charge in [-0.3, -0.25) is 0 Å². The van der Waals surface area contributed by atoms with Crippen molar-refractivity contribution < 1.29 is 0 Å². The lowest BCUT2D eigenvalue weighted by atomic mass is 9.65. The van der Waals surface area contributed by atoms with Gasteiger partial charge < -0.3 is 0 Å². The molecule has 0 saturated heterocycles.